The van der Waals surface area contributed by atoms with Crippen molar-refractivity contribution in [1.82, 2.24) is 5.32 Å². The van der Waals surface area contributed by atoms with E-state index in [9.17, 15) is 0 Å². The van der Waals surface area contributed by atoms with Gasteiger partial charge in [-0.05, 0) is 45.7 Å². The molecule has 1 aromatic rings. The Balaban J connectivity index is 2.24. The average molecular weight is 311 g/mol. The number of likely N-dealkylation sites (N-methyl/N-ethyl adjacent to an activating group) is 1. The van der Waals surface area contributed by atoms with Crippen LogP contribution in [0.15, 0.2) is 18.2 Å². The summed E-state index contributed by atoms with van der Waals surface area (Å²) in [5.74, 6) is 0. The van der Waals surface area contributed by atoms with Crippen molar-refractivity contribution >= 4 is 17.3 Å². The minimum Gasteiger partial charge on any atom is -0.376 e. The molecule has 0 amide bonds. The lowest BCUT2D eigenvalue weighted by atomic mass is 10.0. The maximum Gasteiger partial charge on any atom is 0.0750 e. The molecule has 1 aliphatic heterocycles. The molecular weight excluding hydrogens is 284 g/mol. The second kappa shape index (κ2) is 6.55. The molecule has 2 atom stereocenters. The Bertz CT molecular complexity index is 484. The molecule has 1 aliphatic rings. The lowest BCUT2D eigenvalue weighted by Crippen LogP contribution is -2.39. The minimum absolute atomic E-state index is 0.0852. The van der Waals surface area contributed by atoms with Crippen molar-refractivity contribution in [3.8, 4) is 0 Å². The Morgan fingerprint density at radius 1 is 1.38 bits per heavy atom. The number of hydrogen-bond acceptors (Lipinski definition) is 3. The Morgan fingerprint density at radius 2 is 2.10 bits per heavy atom. The molecule has 1 heterocycles. The number of nitrogens with zero attached hydrogens (tertiary/aromatic N) is 1. The molecule has 2 rings (SSSR count). The van der Waals surface area contributed by atoms with Crippen LogP contribution in [-0.4, -0.2) is 31.3 Å². The van der Waals surface area contributed by atoms with Gasteiger partial charge in [0.15, 0.2) is 0 Å². The highest BCUT2D eigenvalue weighted by Gasteiger charge is 2.30. The number of benzene rings is 1. The van der Waals surface area contributed by atoms with Gasteiger partial charge in [0.05, 0.1) is 22.9 Å². The molecule has 4 heteroatoms. The summed E-state index contributed by atoms with van der Waals surface area (Å²) in [5.41, 5.74) is 2.44. The zero-order valence-electron chi connectivity index (χ0n) is 13.7. The van der Waals surface area contributed by atoms with Crippen LogP contribution in [0.25, 0.3) is 0 Å². The maximum atomic E-state index is 6.49. The quantitative estimate of drug-likeness (QED) is 0.914. The molecule has 1 N–H and O–H groups in total. The second-order valence-corrected chi connectivity index (χ2v) is 7.30. The summed E-state index contributed by atoms with van der Waals surface area (Å²) >= 11 is 6.49. The van der Waals surface area contributed by atoms with Crippen LogP contribution in [0.4, 0.5) is 5.69 Å². The van der Waals surface area contributed by atoms with Crippen LogP contribution >= 0.6 is 11.6 Å². The smallest absolute Gasteiger partial charge is 0.0750 e. The van der Waals surface area contributed by atoms with Crippen LogP contribution in [-0.2, 0) is 11.3 Å². The van der Waals surface area contributed by atoms with Crippen LogP contribution in [0, 0.1) is 0 Å². The van der Waals surface area contributed by atoms with Gasteiger partial charge in [-0.15, -0.1) is 0 Å². The van der Waals surface area contributed by atoms with E-state index in [1.807, 2.05) is 12.1 Å². The second-order valence-electron chi connectivity index (χ2n) is 6.89. The minimum atomic E-state index is 0.0852. The van der Waals surface area contributed by atoms with Crippen molar-refractivity contribution in [3.05, 3.63) is 28.8 Å². The number of rotatable bonds is 4. The number of nitrogens with one attached hydrogen (secondary N) is 1. The first-order chi connectivity index (χ1) is 9.79. The van der Waals surface area contributed by atoms with Gasteiger partial charge in [-0.2, -0.15) is 0 Å². The molecule has 3 nitrogen and oxygen atoms in total. The van der Waals surface area contributed by atoms with E-state index in [0.717, 1.165) is 30.3 Å². The van der Waals surface area contributed by atoms with E-state index in [1.54, 1.807) is 0 Å². The summed E-state index contributed by atoms with van der Waals surface area (Å²) in [7, 11) is 2.12. The van der Waals surface area contributed by atoms with E-state index in [-0.39, 0.29) is 11.6 Å². The van der Waals surface area contributed by atoms with Crippen molar-refractivity contribution < 1.29 is 4.74 Å². The van der Waals surface area contributed by atoms with Gasteiger partial charge in [0.25, 0.3) is 0 Å². The van der Waals surface area contributed by atoms with E-state index in [1.165, 1.54) is 5.56 Å². The topological polar surface area (TPSA) is 24.5 Å². The molecule has 0 spiro atoms. The first-order valence-electron chi connectivity index (χ1n) is 7.66. The highest BCUT2D eigenvalue weighted by Crippen LogP contribution is 2.33. The molecule has 0 bridgehead atoms. The van der Waals surface area contributed by atoms with Crippen LogP contribution in [0.2, 0.25) is 5.02 Å². The fraction of sp³-hybridized carbons (Fsp3) is 0.647. The monoisotopic (exact) mass is 310 g/mol. The lowest BCUT2D eigenvalue weighted by Gasteiger charge is -2.32. The molecule has 2 unspecified atom stereocenters. The van der Waals surface area contributed by atoms with Gasteiger partial charge in [0.1, 0.15) is 0 Å². The van der Waals surface area contributed by atoms with E-state index < -0.39 is 0 Å². The number of anilines is 1. The predicted molar refractivity (Wildman–Crippen MR) is 90.3 cm³/mol. The first kappa shape index (κ1) is 16.6. The van der Waals surface area contributed by atoms with Gasteiger partial charge in [-0.1, -0.05) is 23.7 Å². The Kier molecular flexibility index (Phi) is 5.18. The van der Waals surface area contributed by atoms with Gasteiger partial charge in [-0.3, -0.25) is 0 Å². The van der Waals surface area contributed by atoms with E-state index in [2.05, 4.69) is 51.0 Å². The van der Waals surface area contributed by atoms with Gasteiger partial charge >= 0.3 is 0 Å². The molecule has 1 saturated heterocycles. The average Bonchev–Trinajstić information content (AvgIpc) is 2.81. The third-order valence-electron chi connectivity index (χ3n) is 4.07. The standard InChI is InChI=1S/C17H27ClN2O/c1-12-15(9-10-21-12)20(5)16-13(7-6-8-14(16)18)11-19-17(2,3)4/h6-8,12,15,19H,9-11H2,1-5H3. The largest absolute Gasteiger partial charge is 0.376 e. The number of hydrogen-bond donors (Lipinski definition) is 1. The fourth-order valence-electron chi connectivity index (χ4n) is 2.85. The van der Waals surface area contributed by atoms with E-state index >= 15 is 0 Å². The van der Waals surface area contributed by atoms with Crippen molar-refractivity contribution in [2.75, 3.05) is 18.6 Å². The lowest BCUT2D eigenvalue weighted by molar-refractivity contribution is 0.118. The van der Waals surface area contributed by atoms with Crippen LogP contribution in [0.3, 0.4) is 0 Å². The molecule has 0 aliphatic carbocycles. The third-order valence-corrected chi connectivity index (χ3v) is 4.37. The molecule has 0 saturated carbocycles. The summed E-state index contributed by atoms with van der Waals surface area (Å²) in [6, 6.07) is 6.53. The predicted octanol–water partition coefficient (Wildman–Crippen LogP) is 3.84. The van der Waals surface area contributed by atoms with E-state index in [4.69, 9.17) is 16.3 Å². The van der Waals surface area contributed by atoms with Crippen molar-refractivity contribution in [3.63, 3.8) is 0 Å². The number of ether oxygens (including phenoxy) is 1. The molecule has 0 radical (unpaired) electrons. The van der Waals surface area contributed by atoms with Crippen LogP contribution in [0.1, 0.15) is 39.7 Å². The fourth-order valence-corrected chi connectivity index (χ4v) is 3.18. The van der Waals surface area contributed by atoms with Crippen LogP contribution < -0.4 is 10.2 Å². The Morgan fingerprint density at radius 3 is 2.67 bits per heavy atom. The molecule has 0 aromatic heterocycles. The highest BCUT2D eigenvalue weighted by atomic mass is 35.5. The molecule has 21 heavy (non-hydrogen) atoms. The summed E-state index contributed by atoms with van der Waals surface area (Å²) < 4.78 is 5.70. The summed E-state index contributed by atoms with van der Waals surface area (Å²) in [4.78, 5) is 2.29. The van der Waals surface area contributed by atoms with E-state index in [0.29, 0.717) is 6.04 Å². The van der Waals surface area contributed by atoms with Crippen molar-refractivity contribution in [2.24, 2.45) is 0 Å². The zero-order valence-corrected chi connectivity index (χ0v) is 14.5. The summed E-state index contributed by atoms with van der Waals surface area (Å²) in [6.45, 7) is 10.3. The van der Waals surface area contributed by atoms with Gasteiger partial charge < -0.3 is 15.0 Å². The molecule has 1 aromatic carbocycles. The molecule has 118 valence electrons. The van der Waals surface area contributed by atoms with Crippen molar-refractivity contribution in [1.29, 1.82) is 0 Å². The van der Waals surface area contributed by atoms with Crippen LogP contribution in [0.5, 0.6) is 0 Å². The molecule has 1 fully saturated rings. The van der Waals surface area contributed by atoms with Gasteiger partial charge in [0, 0.05) is 25.7 Å². The number of halogens is 1. The Labute approximate surface area is 133 Å². The summed E-state index contributed by atoms with van der Waals surface area (Å²) in [5, 5.41) is 4.36. The third kappa shape index (κ3) is 4.12. The zero-order chi connectivity index (χ0) is 15.6. The summed E-state index contributed by atoms with van der Waals surface area (Å²) in [6.07, 6.45) is 1.30. The van der Waals surface area contributed by atoms with Crippen molar-refractivity contribution in [2.45, 2.75) is 58.3 Å². The first-order valence-corrected chi connectivity index (χ1v) is 8.04. The van der Waals surface area contributed by atoms with Gasteiger partial charge in [0.2, 0.25) is 0 Å². The SMILES string of the molecule is CC1OCCC1N(C)c1c(Cl)cccc1CNC(C)(C)C. The van der Waals surface area contributed by atoms with Gasteiger partial charge in [-0.25, -0.2) is 0 Å². The molecular formula is C17H27ClN2O. The number of para-hydroxylation sites is 1. The Hall–Kier alpha value is -0.770. The highest BCUT2D eigenvalue weighted by molar-refractivity contribution is 6.33. The maximum absolute atomic E-state index is 6.49. The normalized spacial score (nSPS) is 22.6.